The van der Waals surface area contributed by atoms with E-state index in [1.165, 1.54) is 7.11 Å². The molecule has 6 nitrogen and oxygen atoms in total. The average Bonchev–Trinajstić information content (AvgIpc) is 2.91. The Morgan fingerprint density at radius 3 is 2.83 bits per heavy atom. The number of aryl methyl sites for hydroxylation is 1. The number of hydrogen-bond donors (Lipinski definition) is 1. The fourth-order valence-corrected chi connectivity index (χ4v) is 2.71. The summed E-state index contributed by atoms with van der Waals surface area (Å²) in [7, 11) is 1.30. The second-order valence-electron chi connectivity index (χ2n) is 5.46. The van der Waals surface area contributed by atoms with Crippen molar-refractivity contribution in [2.75, 3.05) is 25.1 Å². The largest absolute Gasteiger partial charge is 0.469 e. The molecule has 1 aromatic rings. The summed E-state index contributed by atoms with van der Waals surface area (Å²) in [6.07, 6.45) is 0.303. The number of anilines is 1. The van der Waals surface area contributed by atoms with Gasteiger partial charge in [-0.05, 0) is 30.7 Å². The van der Waals surface area contributed by atoms with Gasteiger partial charge < -0.3 is 15.0 Å². The smallest absolute Gasteiger partial charge is 0.307 e. The van der Waals surface area contributed by atoms with Crippen LogP contribution in [0.3, 0.4) is 0 Å². The van der Waals surface area contributed by atoms with E-state index < -0.39 is 5.92 Å². The summed E-state index contributed by atoms with van der Waals surface area (Å²) in [4.78, 5) is 36.9. The molecule has 0 aromatic heterocycles. The van der Waals surface area contributed by atoms with Gasteiger partial charge in [0.2, 0.25) is 11.8 Å². The third-order valence-electron chi connectivity index (χ3n) is 3.81. The normalized spacial score (nSPS) is 17.3. The van der Waals surface area contributed by atoms with Gasteiger partial charge in [0, 0.05) is 29.7 Å². The van der Waals surface area contributed by atoms with Gasteiger partial charge in [-0.25, -0.2) is 0 Å². The summed E-state index contributed by atoms with van der Waals surface area (Å²) in [5.74, 6) is -1.05. The first-order valence-electron chi connectivity index (χ1n) is 7.33. The lowest BCUT2D eigenvalue weighted by atomic mass is 10.1. The van der Waals surface area contributed by atoms with Crippen LogP contribution in [0.4, 0.5) is 5.69 Å². The lowest BCUT2D eigenvalue weighted by Crippen LogP contribution is -2.34. The molecule has 1 aliphatic heterocycles. The second kappa shape index (κ2) is 7.59. The molecule has 1 unspecified atom stereocenters. The quantitative estimate of drug-likeness (QED) is 0.787. The number of esters is 1. The van der Waals surface area contributed by atoms with Crippen LogP contribution in [-0.4, -0.2) is 38.0 Å². The number of carbonyl (C=O) groups is 3. The first kappa shape index (κ1) is 17.5. The van der Waals surface area contributed by atoms with Crippen molar-refractivity contribution in [1.82, 2.24) is 5.32 Å². The highest BCUT2D eigenvalue weighted by molar-refractivity contribution is 9.10. The third kappa shape index (κ3) is 4.31. The molecular formula is C16H19BrN2O4. The monoisotopic (exact) mass is 382 g/mol. The lowest BCUT2D eigenvalue weighted by molar-refractivity contribution is -0.140. The van der Waals surface area contributed by atoms with E-state index in [1.54, 1.807) is 4.90 Å². The molecule has 1 saturated heterocycles. The van der Waals surface area contributed by atoms with Crippen LogP contribution in [0.1, 0.15) is 18.4 Å². The molecule has 0 spiro atoms. The van der Waals surface area contributed by atoms with E-state index in [1.807, 2.05) is 25.1 Å². The molecule has 2 amide bonds. The number of nitrogens with zero attached hydrogens (tertiary/aromatic N) is 1. The molecule has 1 atom stereocenters. The number of rotatable bonds is 5. The van der Waals surface area contributed by atoms with Gasteiger partial charge in [0.1, 0.15) is 0 Å². The molecule has 1 heterocycles. The van der Waals surface area contributed by atoms with E-state index in [4.69, 9.17) is 0 Å². The maximum absolute atomic E-state index is 12.2. The third-order valence-corrected chi connectivity index (χ3v) is 4.69. The number of carbonyl (C=O) groups excluding carboxylic acids is 3. The van der Waals surface area contributed by atoms with Gasteiger partial charge in [-0.15, -0.1) is 0 Å². The van der Waals surface area contributed by atoms with Crippen LogP contribution in [0.25, 0.3) is 0 Å². The Kier molecular flexibility index (Phi) is 5.76. The summed E-state index contributed by atoms with van der Waals surface area (Å²) in [5.41, 5.74) is 1.82. The average molecular weight is 383 g/mol. The molecule has 0 aliphatic carbocycles. The van der Waals surface area contributed by atoms with E-state index in [2.05, 4.69) is 26.0 Å². The molecule has 7 heteroatoms. The summed E-state index contributed by atoms with van der Waals surface area (Å²) >= 11 is 3.43. The molecule has 1 fully saturated rings. The SMILES string of the molecule is COC(=O)CCNC(=O)C1CC(=O)N(c2ccc(Br)c(C)c2)C1. The van der Waals surface area contributed by atoms with Crippen molar-refractivity contribution in [1.29, 1.82) is 0 Å². The number of amides is 2. The van der Waals surface area contributed by atoms with Crippen LogP contribution in [-0.2, 0) is 19.1 Å². The van der Waals surface area contributed by atoms with E-state index >= 15 is 0 Å². The number of benzene rings is 1. The van der Waals surface area contributed by atoms with Crippen LogP contribution in [0.15, 0.2) is 22.7 Å². The maximum atomic E-state index is 12.2. The van der Waals surface area contributed by atoms with E-state index in [9.17, 15) is 14.4 Å². The second-order valence-corrected chi connectivity index (χ2v) is 6.31. The van der Waals surface area contributed by atoms with Gasteiger partial charge >= 0.3 is 5.97 Å². The molecule has 1 N–H and O–H groups in total. The molecule has 0 radical (unpaired) electrons. The molecule has 124 valence electrons. The highest BCUT2D eigenvalue weighted by Gasteiger charge is 2.35. The fourth-order valence-electron chi connectivity index (χ4n) is 2.46. The van der Waals surface area contributed by atoms with Gasteiger partial charge in [0.15, 0.2) is 0 Å². The number of ether oxygens (including phenoxy) is 1. The Bertz CT molecular complexity index is 633. The molecule has 0 bridgehead atoms. The summed E-state index contributed by atoms with van der Waals surface area (Å²) in [6.45, 7) is 2.52. The van der Waals surface area contributed by atoms with Gasteiger partial charge in [0.25, 0.3) is 0 Å². The zero-order valence-corrected chi connectivity index (χ0v) is 14.7. The van der Waals surface area contributed by atoms with Crippen LogP contribution in [0.5, 0.6) is 0 Å². The zero-order valence-electron chi connectivity index (χ0n) is 13.1. The molecule has 2 rings (SSSR count). The van der Waals surface area contributed by atoms with Crippen molar-refractivity contribution in [2.45, 2.75) is 19.8 Å². The Balaban J connectivity index is 1.95. The van der Waals surface area contributed by atoms with Crippen LogP contribution >= 0.6 is 15.9 Å². The maximum Gasteiger partial charge on any atom is 0.307 e. The minimum atomic E-state index is -0.399. The Labute approximate surface area is 143 Å². The van der Waals surface area contributed by atoms with Crippen molar-refractivity contribution in [2.24, 2.45) is 5.92 Å². The first-order chi connectivity index (χ1) is 10.9. The Morgan fingerprint density at radius 2 is 2.17 bits per heavy atom. The topological polar surface area (TPSA) is 75.7 Å². The zero-order chi connectivity index (χ0) is 17.0. The Morgan fingerprint density at radius 1 is 1.43 bits per heavy atom. The van der Waals surface area contributed by atoms with Crippen LogP contribution in [0.2, 0.25) is 0 Å². The Hall–Kier alpha value is -1.89. The van der Waals surface area contributed by atoms with E-state index in [0.717, 1.165) is 15.7 Å². The summed E-state index contributed by atoms with van der Waals surface area (Å²) in [6, 6.07) is 5.66. The first-order valence-corrected chi connectivity index (χ1v) is 8.12. The summed E-state index contributed by atoms with van der Waals surface area (Å²) in [5, 5.41) is 2.68. The van der Waals surface area contributed by atoms with Gasteiger partial charge in [-0.2, -0.15) is 0 Å². The van der Waals surface area contributed by atoms with Gasteiger partial charge in [0.05, 0.1) is 19.4 Å². The molecule has 23 heavy (non-hydrogen) atoms. The van der Waals surface area contributed by atoms with Crippen molar-refractivity contribution in [3.05, 3.63) is 28.2 Å². The van der Waals surface area contributed by atoms with Crippen molar-refractivity contribution >= 4 is 39.4 Å². The lowest BCUT2D eigenvalue weighted by Gasteiger charge is -2.17. The predicted molar refractivity (Wildman–Crippen MR) is 89.0 cm³/mol. The number of hydrogen-bond acceptors (Lipinski definition) is 4. The van der Waals surface area contributed by atoms with E-state index in [-0.39, 0.29) is 37.2 Å². The van der Waals surface area contributed by atoms with Gasteiger partial charge in [-0.1, -0.05) is 15.9 Å². The summed E-state index contributed by atoms with van der Waals surface area (Å²) < 4.78 is 5.49. The van der Waals surface area contributed by atoms with Crippen LogP contribution in [0, 0.1) is 12.8 Å². The van der Waals surface area contributed by atoms with Crippen LogP contribution < -0.4 is 10.2 Å². The number of nitrogens with one attached hydrogen (secondary N) is 1. The molecule has 1 aliphatic rings. The number of halogens is 1. The van der Waals surface area contributed by atoms with E-state index in [0.29, 0.717) is 6.54 Å². The minimum Gasteiger partial charge on any atom is -0.469 e. The minimum absolute atomic E-state index is 0.0696. The highest BCUT2D eigenvalue weighted by atomic mass is 79.9. The molecule has 0 saturated carbocycles. The fraction of sp³-hybridized carbons (Fsp3) is 0.438. The highest BCUT2D eigenvalue weighted by Crippen LogP contribution is 2.28. The van der Waals surface area contributed by atoms with Gasteiger partial charge in [-0.3, -0.25) is 14.4 Å². The standard InChI is InChI=1S/C16H19BrN2O4/c1-10-7-12(3-4-13(10)17)19-9-11(8-14(19)20)16(22)18-6-5-15(21)23-2/h3-4,7,11H,5-6,8-9H2,1-2H3,(H,18,22). The van der Waals surface area contributed by atoms with Crippen molar-refractivity contribution in [3.8, 4) is 0 Å². The number of methoxy groups -OCH3 is 1. The van der Waals surface area contributed by atoms with Crippen molar-refractivity contribution in [3.63, 3.8) is 0 Å². The molecule has 1 aromatic carbocycles. The molecular weight excluding hydrogens is 364 g/mol. The van der Waals surface area contributed by atoms with Crippen molar-refractivity contribution < 1.29 is 19.1 Å². The predicted octanol–water partition coefficient (Wildman–Crippen LogP) is 1.79.